The van der Waals surface area contributed by atoms with E-state index in [1.165, 1.54) is 50.2 Å². The predicted octanol–water partition coefficient (Wildman–Crippen LogP) is 10.2. The van der Waals surface area contributed by atoms with Gasteiger partial charge in [0.25, 0.3) is 0 Å². The first kappa shape index (κ1) is 59.8. The number of nitrogens with zero attached hydrogens (tertiary/aromatic N) is 15. The molecule has 20 rings (SSSR count). The molecule has 0 fully saturated rings. The van der Waals surface area contributed by atoms with Gasteiger partial charge >= 0.3 is 0 Å². The van der Waals surface area contributed by atoms with Gasteiger partial charge in [-0.25, -0.2) is 24.9 Å². The molecule has 0 bridgehead atoms. The van der Waals surface area contributed by atoms with Crippen LogP contribution in [0.25, 0.3) is 0 Å². The number of fused-ring (bicyclic) bond motifs is 20. The number of rotatable bonds is 0. The number of ether oxygens (including phenoxy) is 5. The lowest BCUT2D eigenvalue weighted by atomic mass is 9.75. The number of benzene rings is 4. The molecule has 20 heteroatoms. The third-order valence-electron chi connectivity index (χ3n) is 21.4. The first-order valence-electron chi connectivity index (χ1n) is 32.9. The van der Waals surface area contributed by atoms with Crippen molar-refractivity contribution in [2.75, 3.05) is 33.0 Å². The molecule has 11 heterocycles. The summed E-state index contributed by atoms with van der Waals surface area (Å²) in [4.78, 5) is 25.6. The first-order valence-corrected chi connectivity index (χ1v) is 32.9. The Morgan fingerprint density at radius 1 is 0.368 bits per heavy atom. The van der Waals surface area contributed by atoms with E-state index in [4.69, 9.17) is 39.5 Å². The summed E-state index contributed by atoms with van der Waals surface area (Å²) in [7, 11) is 0. The van der Waals surface area contributed by atoms with Crippen LogP contribution in [0.1, 0.15) is 151 Å². The summed E-state index contributed by atoms with van der Waals surface area (Å²) in [6.45, 7) is 7.39. The maximum absolute atomic E-state index is 9.17. The van der Waals surface area contributed by atoms with Crippen LogP contribution in [0.2, 0.25) is 0 Å². The molecule has 0 N–H and O–H groups in total. The molecule has 0 saturated carbocycles. The van der Waals surface area contributed by atoms with E-state index in [0.717, 1.165) is 148 Å². The molecule has 5 unspecified atom stereocenters. The third-order valence-corrected chi connectivity index (χ3v) is 21.4. The number of hydrogen-bond donors (Lipinski definition) is 0. The van der Waals surface area contributed by atoms with E-state index in [1.54, 1.807) is 0 Å². The van der Waals surface area contributed by atoms with Crippen LogP contribution < -0.4 is 0 Å². The summed E-state index contributed by atoms with van der Waals surface area (Å²) < 4.78 is 41.3. The molecule has 10 aromatic rings. The van der Waals surface area contributed by atoms with Gasteiger partial charge < -0.3 is 46.5 Å². The minimum atomic E-state index is -0.408. The highest BCUT2D eigenvalue weighted by Gasteiger charge is 2.49. The minimum Gasteiger partial charge on any atom is -0.372 e. The van der Waals surface area contributed by atoms with Gasteiger partial charge in [0.2, 0.25) is 0 Å². The van der Waals surface area contributed by atoms with E-state index >= 15 is 0 Å². The smallest absolute Gasteiger partial charge is 0.135 e. The zero-order valence-corrected chi connectivity index (χ0v) is 52.7. The lowest BCUT2D eigenvalue weighted by molar-refractivity contribution is -0.0581. The quantitative estimate of drug-likeness (QED) is 0.137. The molecule has 5 atom stereocenters. The summed E-state index contributed by atoms with van der Waals surface area (Å²) in [6.07, 6.45) is 35.1. The molecule has 0 amide bonds. The van der Waals surface area contributed by atoms with E-state index in [0.29, 0.717) is 50.8 Å². The van der Waals surface area contributed by atoms with E-state index < -0.39 is 11.2 Å². The van der Waals surface area contributed by atoms with Gasteiger partial charge in [0, 0.05) is 32.0 Å². The van der Waals surface area contributed by atoms with Gasteiger partial charge in [-0.1, -0.05) is 24.3 Å². The number of pyridine rings is 1. The Morgan fingerprint density at radius 2 is 0.800 bits per heavy atom. The number of hydrogen-bond acceptors (Lipinski definition) is 15. The van der Waals surface area contributed by atoms with Crippen molar-refractivity contribution in [1.29, 1.82) is 21.0 Å². The standard InChI is InChI=1S/2C16H15N3O.2C15H13N3O.C13H13N3O/c17-7-12-3-4-15-13(6-12)2-1-5-16(15)10-20-9-14-8-18-11-19(14)16;17-9-12-3-4-13-2-1-5-16(14(13)8-12)15-10-18-11-19(15)6-7-20-16;16-6-11-1-2-14-12(5-11)3-4-15(14)9-19-8-13-7-17-10-18(13)15;16-8-11-1-2-12-3-4-15(13(12)7-11)14-9-17-10-18(14)5-6-19-15;1-3-13(11-2-4-14-7-10(1)11)12-8-15-9-16(12)5-6-17-13/h3-4,6,8,11H,1-2,5,9-10H2;3-4,8,10-11H,1-2,5-7H2;1-2,5,7,10H,3-4,8-9H2;1-2,7,9-10H,3-6H2;2,4,7-9H,1,3,5-6H2. The molecule has 5 aliphatic heterocycles. The van der Waals surface area contributed by atoms with E-state index in [1.807, 2.05) is 124 Å². The second-order valence-electron chi connectivity index (χ2n) is 26.2. The summed E-state index contributed by atoms with van der Waals surface area (Å²) in [6, 6.07) is 34.9. The molecule has 20 nitrogen and oxygen atoms in total. The van der Waals surface area contributed by atoms with Crippen molar-refractivity contribution in [3.63, 3.8) is 0 Å². The lowest BCUT2D eigenvalue weighted by Gasteiger charge is -2.43. The Morgan fingerprint density at radius 3 is 1.35 bits per heavy atom. The minimum absolute atomic E-state index is 0.118. The van der Waals surface area contributed by atoms with Crippen molar-refractivity contribution in [3.8, 4) is 24.3 Å². The van der Waals surface area contributed by atoms with Crippen LogP contribution >= 0.6 is 0 Å². The molecule has 0 radical (unpaired) electrons. The summed E-state index contributed by atoms with van der Waals surface area (Å²) in [5.41, 5.74) is 19.8. The van der Waals surface area contributed by atoms with Crippen LogP contribution in [0.15, 0.2) is 154 Å². The maximum atomic E-state index is 9.17. The second kappa shape index (κ2) is 24.3. The highest BCUT2D eigenvalue weighted by molar-refractivity contribution is 5.51. The van der Waals surface area contributed by atoms with Gasteiger partial charge in [-0.05, 0) is 187 Å². The maximum Gasteiger partial charge on any atom is 0.135 e. The molecular formula is C75H69N15O5. The van der Waals surface area contributed by atoms with Crippen LogP contribution in [0.4, 0.5) is 0 Å². The number of nitriles is 4. The highest BCUT2D eigenvalue weighted by Crippen LogP contribution is 2.50. The average molecular weight is 1260 g/mol. The molecule has 0 saturated heterocycles. The predicted molar refractivity (Wildman–Crippen MR) is 344 cm³/mol. The first-order chi connectivity index (χ1) is 46.7. The highest BCUT2D eigenvalue weighted by atomic mass is 16.5. The second-order valence-corrected chi connectivity index (χ2v) is 26.2. The number of imidazole rings is 5. The molecule has 5 aliphatic carbocycles. The van der Waals surface area contributed by atoms with Crippen LogP contribution in [-0.2, 0) is 117 Å². The van der Waals surface area contributed by atoms with E-state index in [-0.39, 0.29) is 16.7 Å². The normalized spacial score (nSPS) is 24.3. The molecule has 6 aromatic heterocycles. The number of aromatic nitrogens is 11. The summed E-state index contributed by atoms with van der Waals surface area (Å²) >= 11 is 0. The fraction of sp³-hybridized carbons (Fsp3) is 0.360. The third kappa shape index (κ3) is 9.93. The van der Waals surface area contributed by atoms with Crippen molar-refractivity contribution < 1.29 is 23.7 Å². The van der Waals surface area contributed by atoms with Crippen molar-refractivity contribution in [3.05, 3.63) is 260 Å². The SMILES string of the molecule is N#Cc1ccc2c(c1)C1(CC2)OCCn2cncc21.N#Cc1ccc2c(c1)C1(CCC2)OCCn2cncc21.N#Cc1ccc2c(c1)CCC21COCc2cncn21.N#Cc1ccc2c(c1)CCCC21COCc2cncn21.c1cc2c(cn1)CCC21OCCn2cncc21. The fourth-order valence-electron chi connectivity index (χ4n) is 17.0. The zero-order chi connectivity index (χ0) is 64.2. The van der Waals surface area contributed by atoms with E-state index in [9.17, 15) is 5.26 Å². The Balaban J connectivity index is 0.0000000937. The van der Waals surface area contributed by atoms with Gasteiger partial charge in [-0.2, -0.15) is 21.0 Å². The molecule has 5 spiro atoms. The van der Waals surface area contributed by atoms with Crippen molar-refractivity contribution in [2.24, 2.45) is 0 Å². The summed E-state index contributed by atoms with van der Waals surface area (Å²) in [5.74, 6) is 0. The zero-order valence-electron chi connectivity index (χ0n) is 52.7. The van der Waals surface area contributed by atoms with Crippen LogP contribution in [0, 0.1) is 45.3 Å². The van der Waals surface area contributed by atoms with Crippen molar-refractivity contribution in [2.45, 2.75) is 138 Å². The Hall–Kier alpha value is -10.2. The Labute approximate surface area is 550 Å². The van der Waals surface area contributed by atoms with Gasteiger partial charge in [-0.15, -0.1) is 0 Å². The van der Waals surface area contributed by atoms with Crippen LogP contribution in [0.3, 0.4) is 0 Å². The lowest BCUT2D eigenvalue weighted by Crippen LogP contribution is -2.45. The molecule has 10 aliphatic rings. The van der Waals surface area contributed by atoms with Gasteiger partial charge in [0.1, 0.15) is 16.8 Å². The molecule has 474 valence electrons. The largest absolute Gasteiger partial charge is 0.372 e. The van der Waals surface area contributed by atoms with Gasteiger partial charge in [-0.3, -0.25) is 4.98 Å². The number of aryl methyl sites for hydroxylation is 5. The van der Waals surface area contributed by atoms with Crippen LogP contribution in [0.5, 0.6) is 0 Å². The van der Waals surface area contributed by atoms with Crippen LogP contribution in [-0.4, -0.2) is 85.8 Å². The Bertz CT molecular complexity index is 4770. The molecular weight excluding hydrogens is 1190 g/mol. The van der Waals surface area contributed by atoms with Crippen molar-refractivity contribution >= 4 is 0 Å². The van der Waals surface area contributed by atoms with E-state index in [2.05, 4.69) is 107 Å². The molecule has 4 aromatic carbocycles. The average Bonchev–Trinajstić information content (AvgIpc) is 1.76. The fourth-order valence-corrected chi connectivity index (χ4v) is 17.0. The molecule has 95 heavy (non-hydrogen) atoms. The van der Waals surface area contributed by atoms with Gasteiger partial charge in [0.05, 0.1) is 195 Å². The Kier molecular flexibility index (Phi) is 15.3. The van der Waals surface area contributed by atoms with Gasteiger partial charge in [0.15, 0.2) is 0 Å². The van der Waals surface area contributed by atoms with Crippen molar-refractivity contribution in [1.82, 2.24) is 52.7 Å². The monoisotopic (exact) mass is 1260 g/mol. The summed E-state index contributed by atoms with van der Waals surface area (Å²) in [5, 5.41) is 36.4. The topological polar surface area (TPSA) is 243 Å².